The van der Waals surface area contributed by atoms with Gasteiger partial charge in [-0.2, -0.15) is 0 Å². The van der Waals surface area contributed by atoms with Crippen molar-refractivity contribution in [2.75, 3.05) is 13.1 Å². The van der Waals surface area contributed by atoms with Crippen LogP contribution in [-0.2, 0) is 0 Å². The maximum atomic E-state index is 3.39. The van der Waals surface area contributed by atoms with Crippen LogP contribution in [0.5, 0.6) is 0 Å². The fourth-order valence-corrected chi connectivity index (χ4v) is 2.20. The van der Waals surface area contributed by atoms with E-state index in [1.165, 1.54) is 11.3 Å². The molecular formula is C10H17NS. The zero-order valence-electron chi connectivity index (χ0n) is 7.84. The molecule has 1 N–H and O–H groups in total. The average molecular weight is 183 g/mol. The predicted octanol–water partition coefficient (Wildman–Crippen LogP) is 2.85. The summed E-state index contributed by atoms with van der Waals surface area (Å²) in [6.07, 6.45) is 1.23. The molecule has 0 aliphatic rings. The second-order valence-electron chi connectivity index (χ2n) is 2.93. The van der Waals surface area contributed by atoms with Gasteiger partial charge in [-0.05, 0) is 24.4 Å². The first kappa shape index (κ1) is 9.75. The van der Waals surface area contributed by atoms with Gasteiger partial charge in [-0.25, -0.2) is 0 Å². The lowest BCUT2D eigenvalue weighted by molar-refractivity contribution is 0.591. The van der Waals surface area contributed by atoms with E-state index in [9.17, 15) is 0 Å². The molecule has 1 heterocycles. The number of hydrogen-bond donors (Lipinski definition) is 1. The van der Waals surface area contributed by atoms with Crippen molar-refractivity contribution in [2.24, 2.45) is 0 Å². The fourth-order valence-electron chi connectivity index (χ4n) is 1.29. The SMILES string of the molecule is CCNCC(CC)c1cccs1. The van der Waals surface area contributed by atoms with Gasteiger partial charge in [0.25, 0.3) is 0 Å². The van der Waals surface area contributed by atoms with E-state index in [-0.39, 0.29) is 0 Å². The van der Waals surface area contributed by atoms with Crippen LogP contribution in [0.4, 0.5) is 0 Å². The minimum atomic E-state index is 0.713. The maximum Gasteiger partial charge on any atom is 0.00887 e. The number of likely N-dealkylation sites (N-methyl/N-ethyl adjacent to an activating group) is 1. The Morgan fingerprint density at radius 1 is 1.50 bits per heavy atom. The van der Waals surface area contributed by atoms with Gasteiger partial charge in [0.05, 0.1) is 0 Å². The first-order valence-corrected chi connectivity index (χ1v) is 5.50. The van der Waals surface area contributed by atoms with E-state index in [4.69, 9.17) is 0 Å². The molecular weight excluding hydrogens is 166 g/mol. The van der Waals surface area contributed by atoms with E-state index in [0.717, 1.165) is 13.1 Å². The monoisotopic (exact) mass is 183 g/mol. The van der Waals surface area contributed by atoms with Crippen molar-refractivity contribution >= 4 is 11.3 Å². The smallest absolute Gasteiger partial charge is 0.00887 e. The highest BCUT2D eigenvalue weighted by atomic mass is 32.1. The summed E-state index contributed by atoms with van der Waals surface area (Å²) >= 11 is 1.87. The third kappa shape index (κ3) is 2.61. The highest BCUT2D eigenvalue weighted by Crippen LogP contribution is 2.23. The van der Waals surface area contributed by atoms with Crippen LogP contribution in [0, 0.1) is 0 Å². The van der Waals surface area contributed by atoms with Crippen molar-refractivity contribution in [3.63, 3.8) is 0 Å². The van der Waals surface area contributed by atoms with Crippen LogP contribution in [0.3, 0.4) is 0 Å². The number of nitrogens with one attached hydrogen (secondary N) is 1. The van der Waals surface area contributed by atoms with Crippen molar-refractivity contribution < 1.29 is 0 Å². The van der Waals surface area contributed by atoms with Crippen LogP contribution < -0.4 is 5.32 Å². The van der Waals surface area contributed by atoms with E-state index < -0.39 is 0 Å². The van der Waals surface area contributed by atoms with E-state index in [0.29, 0.717) is 5.92 Å². The normalized spacial score (nSPS) is 13.2. The Kier molecular flexibility index (Phi) is 4.33. The van der Waals surface area contributed by atoms with Gasteiger partial charge in [-0.1, -0.05) is 19.9 Å². The Morgan fingerprint density at radius 2 is 2.33 bits per heavy atom. The van der Waals surface area contributed by atoms with Crippen molar-refractivity contribution in [1.82, 2.24) is 5.32 Å². The minimum Gasteiger partial charge on any atom is -0.316 e. The highest BCUT2D eigenvalue weighted by molar-refractivity contribution is 7.10. The molecule has 1 aromatic rings. The largest absolute Gasteiger partial charge is 0.316 e. The Bertz CT molecular complexity index is 194. The fraction of sp³-hybridized carbons (Fsp3) is 0.600. The zero-order chi connectivity index (χ0) is 8.81. The topological polar surface area (TPSA) is 12.0 Å². The second kappa shape index (κ2) is 5.33. The molecule has 12 heavy (non-hydrogen) atoms. The van der Waals surface area contributed by atoms with E-state index in [1.54, 1.807) is 0 Å². The summed E-state index contributed by atoms with van der Waals surface area (Å²) in [5.41, 5.74) is 0. The average Bonchev–Trinajstić information content (AvgIpc) is 2.59. The predicted molar refractivity (Wildman–Crippen MR) is 55.9 cm³/mol. The molecule has 2 heteroatoms. The number of hydrogen-bond acceptors (Lipinski definition) is 2. The Labute approximate surface area is 78.8 Å². The summed E-state index contributed by atoms with van der Waals surface area (Å²) in [4.78, 5) is 1.51. The summed E-state index contributed by atoms with van der Waals surface area (Å²) in [6.45, 7) is 6.60. The lowest BCUT2D eigenvalue weighted by Crippen LogP contribution is -2.20. The molecule has 0 aliphatic heterocycles. The van der Waals surface area contributed by atoms with Crippen molar-refractivity contribution in [1.29, 1.82) is 0 Å². The molecule has 1 unspecified atom stereocenters. The molecule has 0 aromatic carbocycles. The van der Waals surface area contributed by atoms with Gasteiger partial charge in [0.1, 0.15) is 0 Å². The Morgan fingerprint density at radius 3 is 2.83 bits per heavy atom. The molecule has 1 atom stereocenters. The molecule has 1 rings (SSSR count). The second-order valence-corrected chi connectivity index (χ2v) is 3.91. The lowest BCUT2D eigenvalue weighted by atomic mass is 10.1. The van der Waals surface area contributed by atoms with Gasteiger partial charge in [0.15, 0.2) is 0 Å². The quantitative estimate of drug-likeness (QED) is 0.740. The van der Waals surface area contributed by atoms with Gasteiger partial charge in [-0.15, -0.1) is 11.3 Å². The van der Waals surface area contributed by atoms with Crippen molar-refractivity contribution in [3.05, 3.63) is 22.4 Å². The Hall–Kier alpha value is -0.340. The summed E-state index contributed by atoms with van der Waals surface area (Å²) in [6, 6.07) is 4.37. The van der Waals surface area contributed by atoms with Crippen molar-refractivity contribution in [2.45, 2.75) is 26.2 Å². The number of thiophene rings is 1. The summed E-state index contributed by atoms with van der Waals surface area (Å²) in [5.74, 6) is 0.713. The molecule has 68 valence electrons. The van der Waals surface area contributed by atoms with Crippen molar-refractivity contribution in [3.8, 4) is 0 Å². The molecule has 0 radical (unpaired) electrons. The molecule has 0 amide bonds. The van der Waals surface area contributed by atoms with Crippen LogP contribution in [0.25, 0.3) is 0 Å². The summed E-state index contributed by atoms with van der Waals surface area (Å²) in [7, 11) is 0. The third-order valence-electron chi connectivity index (χ3n) is 2.08. The maximum absolute atomic E-state index is 3.39. The first-order valence-electron chi connectivity index (χ1n) is 4.62. The molecule has 1 aromatic heterocycles. The zero-order valence-corrected chi connectivity index (χ0v) is 8.66. The Balaban J connectivity index is 2.45. The molecule has 0 aliphatic carbocycles. The van der Waals surface area contributed by atoms with Gasteiger partial charge in [0, 0.05) is 17.3 Å². The van der Waals surface area contributed by atoms with Gasteiger partial charge in [-0.3, -0.25) is 0 Å². The van der Waals surface area contributed by atoms with Gasteiger partial charge in [0.2, 0.25) is 0 Å². The molecule has 0 fully saturated rings. The van der Waals surface area contributed by atoms with Crippen LogP contribution in [0.1, 0.15) is 31.1 Å². The van der Waals surface area contributed by atoms with E-state index >= 15 is 0 Å². The molecule has 1 nitrogen and oxygen atoms in total. The van der Waals surface area contributed by atoms with Crippen LogP contribution >= 0.6 is 11.3 Å². The molecule has 0 spiro atoms. The van der Waals surface area contributed by atoms with E-state index in [2.05, 4.69) is 36.7 Å². The van der Waals surface area contributed by atoms with Crippen LogP contribution in [0.15, 0.2) is 17.5 Å². The minimum absolute atomic E-state index is 0.713. The first-order chi connectivity index (χ1) is 5.88. The van der Waals surface area contributed by atoms with Gasteiger partial charge >= 0.3 is 0 Å². The summed E-state index contributed by atoms with van der Waals surface area (Å²) < 4.78 is 0. The molecule has 0 saturated carbocycles. The standard InChI is InChI=1S/C10H17NS/c1-3-9(8-11-4-2)10-6-5-7-12-10/h5-7,9,11H,3-4,8H2,1-2H3. The third-order valence-corrected chi connectivity index (χ3v) is 3.11. The van der Waals surface area contributed by atoms with Crippen LogP contribution in [0.2, 0.25) is 0 Å². The summed E-state index contributed by atoms with van der Waals surface area (Å²) in [5, 5.41) is 5.55. The van der Waals surface area contributed by atoms with Gasteiger partial charge < -0.3 is 5.32 Å². The highest BCUT2D eigenvalue weighted by Gasteiger charge is 2.08. The molecule has 0 saturated heterocycles. The molecule has 0 bridgehead atoms. The van der Waals surface area contributed by atoms with Crippen LogP contribution in [-0.4, -0.2) is 13.1 Å². The lowest BCUT2D eigenvalue weighted by Gasteiger charge is -2.12. The van der Waals surface area contributed by atoms with E-state index in [1.807, 2.05) is 11.3 Å². The number of rotatable bonds is 5.